The number of amides is 1. The lowest BCUT2D eigenvalue weighted by Gasteiger charge is -2.21. The molecule has 1 aromatic rings. The molecule has 2 aliphatic carbocycles. The van der Waals surface area contributed by atoms with Crippen LogP contribution >= 0.6 is 27.5 Å². The summed E-state index contributed by atoms with van der Waals surface area (Å²) in [6.45, 7) is 0. The van der Waals surface area contributed by atoms with Gasteiger partial charge in [0.2, 0.25) is 5.91 Å². The number of benzene rings is 1. The molecule has 19 heavy (non-hydrogen) atoms. The summed E-state index contributed by atoms with van der Waals surface area (Å²) in [6, 6.07) is 5.53. The first kappa shape index (κ1) is 13.4. The van der Waals surface area contributed by atoms with E-state index < -0.39 is 0 Å². The van der Waals surface area contributed by atoms with Gasteiger partial charge in [-0.1, -0.05) is 34.0 Å². The smallest absolute Gasteiger partial charge is 0.224 e. The highest BCUT2D eigenvalue weighted by atomic mass is 79.9. The normalized spacial score (nSPS) is 28.6. The first-order valence-corrected chi connectivity index (χ1v) is 8.04. The number of carbonyl (C=O) groups excluding carboxylic acids is 1. The first-order chi connectivity index (χ1) is 9.11. The van der Waals surface area contributed by atoms with E-state index in [1.807, 2.05) is 12.1 Å². The molecule has 2 fully saturated rings. The van der Waals surface area contributed by atoms with Crippen molar-refractivity contribution in [2.45, 2.75) is 32.1 Å². The molecule has 0 aromatic heterocycles. The van der Waals surface area contributed by atoms with Crippen LogP contribution in [0.15, 0.2) is 22.7 Å². The van der Waals surface area contributed by atoms with Crippen LogP contribution in [-0.2, 0) is 4.79 Å². The van der Waals surface area contributed by atoms with E-state index in [1.165, 1.54) is 25.7 Å². The molecule has 3 atom stereocenters. The lowest BCUT2D eigenvalue weighted by atomic mass is 9.86. The van der Waals surface area contributed by atoms with Crippen molar-refractivity contribution < 1.29 is 4.79 Å². The van der Waals surface area contributed by atoms with Gasteiger partial charge in [-0.15, -0.1) is 0 Å². The minimum atomic E-state index is 0.0989. The number of rotatable bonds is 3. The van der Waals surface area contributed by atoms with Crippen molar-refractivity contribution in [3.05, 3.63) is 27.7 Å². The lowest BCUT2D eigenvalue weighted by Crippen LogP contribution is -2.20. The van der Waals surface area contributed by atoms with Crippen LogP contribution in [-0.4, -0.2) is 5.91 Å². The number of carbonyl (C=O) groups is 1. The zero-order valence-corrected chi connectivity index (χ0v) is 13.0. The van der Waals surface area contributed by atoms with Crippen LogP contribution in [0.5, 0.6) is 0 Å². The minimum Gasteiger partial charge on any atom is -0.325 e. The second-order valence-electron chi connectivity index (χ2n) is 5.81. The molecule has 2 saturated carbocycles. The van der Waals surface area contributed by atoms with Crippen molar-refractivity contribution in [3.8, 4) is 0 Å². The third-order valence-electron chi connectivity index (χ3n) is 4.54. The van der Waals surface area contributed by atoms with Crippen molar-refractivity contribution in [3.63, 3.8) is 0 Å². The summed E-state index contributed by atoms with van der Waals surface area (Å²) >= 11 is 9.47. The van der Waals surface area contributed by atoms with Crippen molar-refractivity contribution >= 4 is 39.1 Å². The number of hydrogen-bond acceptors (Lipinski definition) is 1. The lowest BCUT2D eigenvalue weighted by molar-refractivity contribution is -0.117. The molecule has 0 heterocycles. The zero-order valence-electron chi connectivity index (χ0n) is 10.7. The molecule has 1 N–H and O–H groups in total. The predicted molar refractivity (Wildman–Crippen MR) is 81.3 cm³/mol. The summed E-state index contributed by atoms with van der Waals surface area (Å²) in [5, 5.41) is 3.51. The third kappa shape index (κ3) is 2.97. The highest BCUT2D eigenvalue weighted by molar-refractivity contribution is 9.10. The van der Waals surface area contributed by atoms with Crippen molar-refractivity contribution in [2.75, 3.05) is 5.32 Å². The van der Waals surface area contributed by atoms with Crippen LogP contribution in [0.1, 0.15) is 32.1 Å². The van der Waals surface area contributed by atoms with E-state index in [4.69, 9.17) is 11.6 Å². The van der Waals surface area contributed by atoms with Gasteiger partial charge in [0.05, 0.1) is 10.7 Å². The molecule has 2 aliphatic rings. The molecule has 0 aliphatic heterocycles. The average Bonchev–Trinajstić information content (AvgIpc) is 2.95. The molecule has 0 unspecified atom stereocenters. The molecule has 4 heteroatoms. The Bertz CT molecular complexity index is 505. The molecular formula is C15H17BrClNO. The fourth-order valence-electron chi connectivity index (χ4n) is 3.66. The highest BCUT2D eigenvalue weighted by Crippen LogP contribution is 2.49. The maximum Gasteiger partial charge on any atom is 0.224 e. The van der Waals surface area contributed by atoms with Crippen LogP contribution < -0.4 is 5.32 Å². The van der Waals surface area contributed by atoms with E-state index in [-0.39, 0.29) is 5.91 Å². The Morgan fingerprint density at radius 1 is 1.37 bits per heavy atom. The van der Waals surface area contributed by atoms with Crippen LogP contribution in [0.25, 0.3) is 0 Å². The van der Waals surface area contributed by atoms with Gasteiger partial charge in [0.25, 0.3) is 0 Å². The van der Waals surface area contributed by atoms with Crippen molar-refractivity contribution in [2.24, 2.45) is 17.8 Å². The van der Waals surface area contributed by atoms with Crippen LogP contribution in [0.2, 0.25) is 5.02 Å². The second kappa shape index (κ2) is 5.45. The number of halogens is 2. The van der Waals surface area contributed by atoms with E-state index in [0.717, 1.165) is 16.3 Å². The molecule has 2 bridgehead atoms. The highest BCUT2D eigenvalue weighted by Gasteiger charge is 2.40. The number of hydrogen-bond donors (Lipinski definition) is 1. The van der Waals surface area contributed by atoms with Gasteiger partial charge in [-0.3, -0.25) is 4.79 Å². The van der Waals surface area contributed by atoms with E-state index >= 15 is 0 Å². The van der Waals surface area contributed by atoms with Crippen LogP contribution in [0.3, 0.4) is 0 Å². The quantitative estimate of drug-likeness (QED) is 0.834. The Hall–Kier alpha value is -0.540. The Balaban J connectivity index is 1.59. The van der Waals surface area contributed by atoms with Gasteiger partial charge in [-0.2, -0.15) is 0 Å². The average molecular weight is 343 g/mol. The summed E-state index contributed by atoms with van der Waals surface area (Å²) < 4.78 is 0.920. The maximum atomic E-state index is 12.1. The summed E-state index contributed by atoms with van der Waals surface area (Å²) in [5.41, 5.74) is 0.707. The third-order valence-corrected chi connectivity index (χ3v) is 5.34. The SMILES string of the molecule is O=C(C[C@@H]1C[C@@H]2CC[C@@H]1C2)Nc1ccc(Br)cc1Cl. The number of nitrogens with one attached hydrogen (secondary N) is 1. The van der Waals surface area contributed by atoms with Gasteiger partial charge in [0.15, 0.2) is 0 Å². The number of fused-ring (bicyclic) bond motifs is 2. The maximum absolute atomic E-state index is 12.1. The molecule has 0 spiro atoms. The summed E-state index contributed by atoms with van der Waals surface area (Å²) in [5.74, 6) is 2.37. The topological polar surface area (TPSA) is 29.1 Å². The second-order valence-corrected chi connectivity index (χ2v) is 7.13. The monoisotopic (exact) mass is 341 g/mol. The molecule has 3 rings (SSSR count). The Morgan fingerprint density at radius 3 is 2.84 bits per heavy atom. The fourth-order valence-corrected chi connectivity index (χ4v) is 4.38. The van der Waals surface area contributed by atoms with Crippen molar-refractivity contribution in [1.82, 2.24) is 0 Å². The molecule has 2 nitrogen and oxygen atoms in total. The van der Waals surface area contributed by atoms with Gasteiger partial charge in [-0.25, -0.2) is 0 Å². The Kier molecular flexibility index (Phi) is 3.86. The standard InChI is InChI=1S/C15H17BrClNO/c16-12-3-4-14(13(17)8-12)18-15(19)7-11-6-9-1-2-10(11)5-9/h3-4,8-11H,1-2,5-7H2,(H,18,19)/t9-,10-,11+/m1/s1. The van der Waals surface area contributed by atoms with Gasteiger partial charge in [0, 0.05) is 10.9 Å². The molecule has 0 radical (unpaired) electrons. The van der Waals surface area contributed by atoms with Crippen molar-refractivity contribution in [1.29, 1.82) is 0 Å². The minimum absolute atomic E-state index is 0.0989. The van der Waals surface area contributed by atoms with E-state index in [1.54, 1.807) is 6.07 Å². The Labute approximate surface area is 127 Å². The fraction of sp³-hybridized carbons (Fsp3) is 0.533. The van der Waals surface area contributed by atoms with Gasteiger partial charge in [0.1, 0.15) is 0 Å². The van der Waals surface area contributed by atoms with Crippen LogP contribution in [0.4, 0.5) is 5.69 Å². The summed E-state index contributed by atoms with van der Waals surface area (Å²) in [6.07, 6.45) is 5.93. The van der Waals surface area contributed by atoms with E-state index in [0.29, 0.717) is 23.0 Å². The molecule has 102 valence electrons. The van der Waals surface area contributed by atoms with E-state index in [9.17, 15) is 4.79 Å². The van der Waals surface area contributed by atoms with Crippen LogP contribution in [0, 0.1) is 17.8 Å². The Morgan fingerprint density at radius 2 is 2.21 bits per heavy atom. The van der Waals surface area contributed by atoms with Gasteiger partial charge < -0.3 is 5.32 Å². The first-order valence-electron chi connectivity index (χ1n) is 6.86. The number of anilines is 1. The molecular weight excluding hydrogens is 326 g/mol. The summed E-state index contributed by atoms with van der Waals surface area (Å²) in [4.78, 5) is 12.1. The molecule has 0 saturated heterocycles. The molecule has 1 aromatic carbocycles. The predicted octanol–water partition coefficient (Wildman–Crippen LogP) is 4.87. The van der Waals surface area contributed by atoms with Gasteiger partial charge in [-0.05, 0) is 55.2 Å². The van der Waals surface area contributed by atoms with E-state index in [2.05, 4.69) is 21.2 Å². The zero-order chi connectivity index (χ0) is 13.4. The largest absolute Gasteiger partial charge is 0.325 e. The summed E-state index contributed by atoms with van der Waals surface area (Å²) in [7, 11) is 0. The van der Waals surface area contributed by atoms with Gasteiger partial charge >= 0.3 is 0 Å². The molecule has 1 amide bonds.